The minimum absolute atomic E-state index is 0.133. The lowest BCUT2D eigenvalue weighted by atomic mass is 10.1. The maximum absolute atomic E-state index is 12.2. The van der Waals surface area contributed by atoms with E-state index in [-0.39, 0.29) is 30.9 Å². The van der Waals surface area contributed by atoms with Gasteiger partial charge in [-0.1, -0.05) is 17.7 Å². The molecule has 154 valence electrons. The van der Waals surface area contributed by atoms with Gasteiger partial charge in [0.05, 0.1) is 6.61 Å². The van der Waals surface area contributed by atoms with Crippen LogP contribution in [0.5, 0.6) is 11.5 Å². The number of fused-ring (bicyclic) bond motifs is 1. The molecule has 2 amide bonds. The van der Waals surface area contributed by atoms with E-state index >= 15 is 0 Å². The summed E-state index contributed by atoms with van der Waals surface area (Å²) < 4.78 is 11.6. The SMILES string of the molecule is CCOc1cc2c(cc1CNC(=O)CCNC(=O)c1cccc(C)c1)OC(C)C2. The molecule has 0 fully saturated rings. The number of hydrogen-bond acceptors (Lipinski definition) is 4. The Morgan fingerprint density at radius 3 is 2.79 bits per heavy atom. The predicted octanol–water partition coefficient (Wildman–Crippen LogP) is 3.15. The molecule has 29 heavy (non-hydrogen) atoms. The Bertz CT molecular complexity index is 894. The van der Waals surface area contributed by atoms with E-state index in [1.807, 2.05) is 51.1 Å². The van der Waals surface area contributed by atoms with Gasteiger partial charge in [0, 0.05) is 42.6 Å². The number of carbonyl (C=O) groups excluding carboxylic acids is 2. The van der Waals surface area contributed by atoms with Crippen LogP contribution in [-0.2, 0) is 17.8 Å². The first-order valence-corrected chi connectivity index (χ1v) is 10.0. The first-order valence-electron chi connectivity index (χ1n) is 10.0. The lowest BCUT2D eigenvalue weighted by Crippen LogP contribution is -2.30. The number of amides is 2. The second kappa shape index (κ2) is 9.45. The first kappa shape index (κ1) is 20.7. The van der Waals surface area contributed by atoms with Crippen LogP contribution in [-0.4, -0.2) is 31.1 Å². The van der Waals surface area contributed by atoms with Crippen molar-refractivity contribution in [2.24, 2.45) is 0 Å². The molecule has 1 unspecified atom stereocenters. The highest BCUT2D eigenvalue weighted by Crippen LogP contribution is 2.35. The van der Waals surface area contributed by atoms with E-state index in [0.717, 1.165) is 34.6 Å². The molecule has 0 spiro atoms. The minimum Gasteiger partial charge on any atom is -0.494 e. The summed E-state index contributed by atoms with van der Waals surface area (Å²) in [6.45, 7) is 7.10. The molecular weight excluding hydrogens is 368 g/mol. The highest BCUT2D eigenvalue weighted by molar-refractivity contribution is 5.94. The highest BCUT2D eigenvalue weighted by atomic mass is 16.5. The topological polar surface area (TPSA) is 76.7 Å². The van der Waals surface area contributed by atoms with E-state index in [1.54, 1.807) is 6.07 Å². The van der Waals surface area contributed by atoms with Gasteiger partial charge in [-0.3, -0.25) is 9.59 Å². The molecular formula is C23H28N2O4. The minimum atomic E-state index is -0.176. The lowest BCUT2D eigenvalue weighted by molar-refractivity contribution is -0.121. The number of hydrogen-bond donors (Lipinski definition) is 2. The Labute approximate surface area is 171 Å². The van der Waals surface area contributed by atoms with Gasteiger partial charge in [-0.15, -0.1) is 0 Å². The van der Waals surface area contributed by atoms with Crippen molar-refractivity contribution in [1.29, 1.82) is 0 Å². The average Bonchev–Trinajstić information content (AvgIpc) is 3.05. The van der Waals surface area contributed by atoms with Gasteiger partial charge >= 0.3 is 0 Å². The smallest absolute Gasteiger partial charge is 0.251 e. The molecule has 6 heteroatoms. The summed E-state index contributed by atoms with van der Waals surface area (Å²) in [6, 6.07) is 11.3. The molecule has 2 N–H and O–H groups in total. The first-order chi connectivity index (χ1) is 14.0. The summed E-state index contributed by atoms with van der Waals surface area (Å²) in [6.07, 6.45) is 1.23. The Balaban J connectivity index is 1.50. The Hall–Kier alpha value is -3.02. The molecule has 0 bridgehead atoms. The number of ether oxygens (including phenoxy) is 2. The molecule has 6 nitrogen and oxygen atoms in total. The van der Waals surface area contributed by atoms with Crippen molar-refractivity contribution in [3.8, 4) is 11.5 Å². The second-order valence-electron chi connectivity index (χ2n) is 7.29. The van der Waals surface area contributed by atoms with Crippen molar-refractivity contribution in [2.75, 3.05) is 13.2 Å². The molecule has 0 saturated heterocycles. The molecule has 1 aliphatic rings. The van der Waals surface area contributed by atoms with Crippen LogP contribution in [0.2, 0.25) is 0 Å². The summed E-state index contributed by atoms with van der Waals surface area (Å²) in [5.41, 5.74) is 3.64. The van der Waals surface area contributed by atoms with Crippen molar-refractivity contribution >= 4 is 11.8 Å². The molecule has 3 rings (SSSR count). The van der Waals surface area contributed by atoms with Gasteiger partial charge in [-0.05, 0) is 45.0 Å². The number of benzene rings is 2. The largest absolute Gasteiger partial charge is 0.494 e. The summed E-state index contributed by atoms with van der Waals surface area (Å²) in [5.74, 6) is 1.32. The van der Waals surface area contributed by atoms with Crippen LogP contribution in [0.25, 0.3) is 0 Å². The van der Waals surface area contributed by atoms with Crippen molar-refractivity contribution in [3.63, 3.8) is 0 Å². The predicted molar refractivity (Wildman–Crippen MR) is 111 cm³/mol. The van der Waals surface area contributed by atoms with Gasteiger partial charge in [0.15, 0.2) is 0 Å². The molecule has 0 aliphatic carbocycles. The van der Waals surface area contributed by atoms with Crippen molar-refractivity contribution in [3.05, 3.63) is 58.7 Å². The van der Waals surface area contributed by atoms with Gasteiger partial charge < -0.3 is 20.1 Å². The Morgan fingerprint density at radius 1 is 1.21 bits per heavy atom. The van der Waals surface area contributed by atoms with Gasteiger partial charge in [-0.25, -0.2) is 0 Å². The third-order valence-corrected chi connectivity index (χ3v) is 4.77. The highest BCUT2D eigenvalue weighted by Gasteiger charge is 2.22. The van der Waals surface area contributed by atoms with E-state index in [0.29, 0.717) is 18.7 Å². The normalized spacial score (nSPS) is 14.7. The summed E-state index contributed by atoms with van der Waals surface area (Å²) >= 11 is 0. The van der Waals surface area contributed by atoms with Crippen LogP contribution < -0.4 is 20.1 Å². The molecule has 0 saturated carbocycles. The fourth-order valence-electron chi connectivity index (χ4n) is 3.37. The summed E-state index contributed by atoms with van der Waals surface area (Å²) in [7, 11) is 0. The van der Waals surface area contributed by atoms with Crippen molar-refractivity contribution < 1.29 is 19.1 Å². The zero-order valence-corrected chi connectivity index (χ0v) is 17.2. The lowest BCUT2D eigenvalue weighted by Gasteiger charge is -2.13. The monoisotopic (exact) mass is 396 g/mol. The number of carbonyl (C=O) groups is 2. The van der Waals surface area contributed by atoms with Gasteiger partial charge in [-0.2, -0.15) is 0 Å². The molecule has 2 aromatic carbocycles. The van der Waals surface area contributed by atoms with E-state index in [4.69, 9.17) is 9.47 Å². The molecule has 1 atom stereocenters. The quantitative estimate of drug-likeness (QED) is 0.719. The van der Waals surface area contributed by atoms with Crippen LogP contribution in [0.1, 0.15) is 47.3 Å². The number of rotatable bonds is 8. The van der Waals surface area contributed by atoms with E-state index in [1.165, 1.54) is 0 Å². The third kappa shape index (κ3) is 5.50. The fraction of sp³-hybridized carbons (Fsp3) is 0.391. The van der Waals surface area contributed by atoms with Gasteiger partial charge in [0.25, 0.3) is 5.91 Å². The van der Waals surface area contributed by atoms with Crippen molar-refractivity contribution in [2.45, 2.75) is 46.3 Å². The molecule has 1 heterocycles. The van der Waals surface area contributed by atoms with E-state index in [2.05, 4.69) is 10.6 Å². The maximum atomic E-state index is 12.2. The van der Waals surface area contributed by atoms with Crippen LogP contribution in [0.15, 0.2) is 36.4 Å². The molecule has 0 aromatic heterocycles. The van der Waals surface area contributed by atoms with Gasteiger partial charge in [0.2, 0.25) is 5.91 Å². The Morgan fingerprint density at radius 2 is 2.03 bits per heavy atom. The summed E-state index contributed by atoms with van der Waals surface area (Å²) in [4.78, 5) is 24.3. The zero-order chi connectivity index (χ0) is 20.8. The van der Waals surface area contributed by atoms with Crippen molar-refractivity contribution in [1.82, 2.24) is 10.6 Å². The van der Waals surface area contributed by atoms with Gasteiger partial charge in [0.1, 0.15) is 17.6 Å². The maximum Gasteiger partial charge on any atom is 0.251 e. The summed E-state index contributed by atoms with van der Waals surface area (Å²) in [5, 5.41) is 5.68. The molecule has 1 aliphatic heterocycles. The standard InChI is InChI=1S/C23H28N2O4/c1-4-28-20-12-18-11-16(3)29-21(18)13-19(20)14-25-22(26)8-9-24-23(27)17-7-5-6-15(2)10-17/h5-7,10,12-13,16H,4,8-9,11,14H2,1-3H3,(H,24,27)(H,25,26). The third-order valence-electron chi connectivity index (χ3n) is 4.77. The van der Waals surface area contributed by atoms with Crippen LogP contribution in [0, 0.1) is 6.92 Å². The number of nitrogens with one attached hydrogen (secondary N) is 2. The number of aryl methyl sites for hydroxylation is 1. The van der Waals surface area contributed by atoms with E-state index in [9.17, 15) is 9.59 Å². The van der Waals surface area contributed by atoms with Crippen LogP contribution in [0.3, 0.4) is 0 Å². The molecule has 0 radical (unpaired) electrons. The zero-order valence-electron chi connectivity index (χ0n) is 17.2. The van der Waals surface area contributed by atoms with E-state index < -0.39 is 0 Å². The average molecular weight is 396 g/mol. The fourth-order valence-corrected chi connectivity index (χ4v) is 3.37. The second-order valence-corrected chi connectivity index (χ2v) is 7.29. The van der Waals surface area contributed by atoms with Crippen LogP contribution in [0.4, 0.5) is 0 Å². The molecule has 2 aromatic rings. The Kier molecular flexibility index (Phi) is 6.75. The van der Waals surface area contributed by atoms with Crippen LogP contribution >= 0.6 is 0 Å².